The van der Waals surface area contributed by atoms with E-state index in [1.54, 1.807) is 6.92 Å². The van der Waals surface area contributed by atoms with Crippen molar-refractivity contribution < 1.29 is 36.6 Å². The van der Waals surface area contributed by atoms with E-state index >= 15 is 0 Å². The van der Waals surface area contributed by atoms with Crippen molar-refractivity contribution in [1.82, 2.24) is 4.90 Å². The molecular weight excluding hydrogens is 382 g/mol. The minimum Gasteiger partial charge on any atom is -0.490 e. The van der Waals surface area contributed by atoms with Gasteiger partial charge in [-0.3, -0.25) is 4.79 Å². The van der Waals surface area contributed by atoms with Crippen LogP contribution in [0.15, 0.2) is 36.4 Å². The molecule has 0 aliphatic heterocycles. The Morgan fingerprint density at radius 3 is 2.39 bits per heavy atom. The summed E-state index contributed by atoms with van der Waals surface area (Å²) < 4.78 is 66.0. The van der Waals surface area contributed by atoms with E-state index in [4.69, 9.17) is 9.47 Å². The number of hydrogen-bond donors (Lipinski definition) is 0. The van der Waals surface area contributed by atoms with Gasteiger partial charge in [-0.15, -0.1) is 0 Å². The summed E-state index contributed by atoms with van der Waals surface area (Å²) in [6.45, 7) is -1.37. The van der Waals surface area contributed by atoms with Gasteiger partial charge < -0.3 is 19.1 Å². The van der Waals surface area contributed by atoms with Crippen LogP contribution in [0.2, 0.25) is 0 Å². The molecule has 0 spiro atoms. The fourth-order valence-corrected chi connectivity index (χ4v) is 2.32. The molecular formula is C19H19F4NO4. The van der Waals surface area contributed by atoms with Crippen LogP contribution in [-0.2, 0) is 11.3 Å². The van der Waals surface area contributed by atoms with E-state index in [0.717, 1.165) is 12.1 Å². The first-order valence-electron chi connectivity index (χ1n) is 8.32. The third-order valence-electron chi connectivity index (χ3n) is 3.61. The zero-order chi connectivity index (χ0) is 20.7. The van der Waals surface area contributed by atoms with Crippen molar-refractivity contribution in [2.75, 3.05) is 20.3 Å². The predicted molar refractivity (Wildman–Crippen MR) is 92.6 cm³/mol. The molecule has 152 valence electrons. The number of halogens is 4. The number of hydrogen-bond acceptors (Lipinski definition) is 4. The maximum Gasteiger partial charge on any atom is 0.387 e. The molecule has 0 N–H and O–H groups in total. The van der Waals surface area contributed by atoms with E-state index in [9.17, 15) is 22.4 Å². The summed E-state index contributed by atoms with van der Waals surface area (Å²) in [7, 11) is 1.50. The second-order valence-corrected chi connectivity index (χ2v) is 5.71. The molecule has 0 aliphatic rings. The molecule has 0 heterocycles. The number of alkyl halides is 2. The molecule has 0 fully saturated rings. The highest BCUT2D eigenvalue weighted by Crippen LogP contribution is 2.30. The van der Waals surface area contributed by atoms with Gasteiger partial charge in [-0.1, -0.05) is 6.07 Å². The number of carbonyl (C=O) groups excluding carboxylic acids is 1. The minimum absolute atomic E-state index is 0.107. The number of carbonyl (C=O) groups is 1. The van der Waals surface area contributed by atoms with Crippen LogP contribution in [0.5, 0.6) is 17.2 Å². The molecule has 5 nitrogen and oxygen atoms in total. The molecule has 0 unspecified atom stereocenters. The average molecular weight is 401 g/mol. The smallest absolute Gasteiger partial charge is 0.387 e. The summed E-state index contributed by atoms with van der Waals surface area (Å²) in [5, 5.41) is 0. The molecule has 0 bridgehead atoms. The molecule has 28 heavy (non-hydrogen) atoms. The summed E-state index contributed by atoms with van der Waals surface area (Å²) in [4.78, 5) is 13.5. The number of likely N-dealkylation sites (N-methyl/N-ethyl adjacent to an activating group) is 1. The van der Waals surface area contributed by atoms with Gasteiger partial charge in [-0.05, 0) is 36.8 Å². The number of benzene rings is 2. The lowest BCUT2D eigenvalue weighted by atomic mass is 10.2. The monoisotopic (exact) mass is 401 g/mol. The maximum absolute atomic E-state index is 13.5. The Hall–Kier alpha value is -2.97. The average Bonchev–Trinajstić information content (AvgIpc) is 2.62. The lowest BCUT2D eigenvalue weighted by molar-refractivity contribution is -0.132. The second-order valence-electron chi connectivity index (χ2n) is 5.71. The molecule has 0 saturated heterocycles. The summed E-state index contributed by atoms with van der Waals surface area (Å²) >= 11 is 0. The first-order chi connectivity index (χ1) is 13.3. The lowest BCUT2D eigenvalue weighted by Gasteiger charge is -2.19. The molecule has 1 amide bonds. The van der Waals surface area contributed by atoms with E-state index in [-0.39, 0.29) is 30.4 Å². The Morgan fingerprint density at radius 1 is 1.04 bits per heavy atom. The van der Waals surface area contributed by atoms with Gasteiger partial charge in [0, 0.05) is 19.7 Å². The highest BCUT2D eigenvalue weighted by Gasteiger charge is 2.15. The number of amides is 1. The zero-order valence-corrected chi connectivity index (χ0v) is 15.3. The van der Waals surface area contributed by atoms with E-state index in [2.05, 4.69) is 4.74 Å². The molecule has 0 radical (unpaired) electrons. The topological polar surface area (TPSA) is 48.0 Å². The van der Waals surface area contributed by atoms with Crippen molar-refractivity contribution >= 4 is 5.91 Å². The van der Waals surface area contributed by atoms with E-state index in [0.29, 0.717) is 11.6 Å². The second kappa shape index (κ2) is 9.82. The molecule has 2 rings (SSSR count). The summed E-state index contributed by atoms with van der Waals surface area (Å²) in [5.41, 5.74) is 0.605. The fraction of sp³-hybridized carbons (Fsp3) is 0.316. The highest BCUT2D eigenvalue weighted by molar-refractivity contribution is 5.77. The summed E-state index contributed by atoms with van der Waals surface area (Å²) in [6.07, 6.45) is 0. The molecule has 0 saturated carbocycles. The number of ether oxygens (including phenoxy) is 3. The Kier molecular flexibility index (Phi) is 7.48. The Bertz CT molecular complexity index is 817. The van der Waals surface area contributed by atoms with E-state index in [1.807, 2.05) is 0 Å². The SMILES string of the molecule is CCOc1cc(CN(C)C(=O)COc2ccc(F)cc2F)ccc1OC(F)F. The first kappa shape index (κ1) is 21.3. The summed E-state index contributed by atoms with van der Waals surface area (Å²) in [6, 6.07) is 7.10. The Balaban J connectivity index is 1.99. The molecule has 2 aromatic rings. The van der Waals surface area contributed by atoms with Crippen LogP contribution < -0.4 is 14.2 Å². The zero-order valence-electron chi connectivity index (χ0n) is 15.3. The van der Waals surface area contributed by atoms with Gasteiger partial charge in [0.2, 0.25) is 0 Å². The molecule has 0 atom stereocenters. The molecule has 0 aliphatic carbocycles. The summed E-state index contributed by atoms with van der Waals surface area (Å²) in [5.74, 6) is -2.34. The standard InChI is InChI=1S/C19H19F4NO4/c1-3-26-17-8-12(4-6-16(17)28-19(22)23)10-24(2)18(25)11-27-15-7-5-13(20)9-14(15)21/h4-9,19H,3,10-11H2,1-2H3. The van der Waals surface area contributed by atoms with Crippen molar-refractivity contribution in [3.8, 4) is 17.2 Å². The predicted octanol–water partition coefficient (Wildman–Crippen LogP) is 4.00. The van der Waals surface area contributed by atoms with Crippen LogP contribution in [-0.4, -0.2) is 37.7 Å². The quantitative estimate of drug-likeness (QED) is 0.596. The van der Waals surface area contributed by atoms with Gasteiger partial charge in [0.1, 0.15) is 5.82 Å². The fourth-order valence-electron chi connectivity index (χ4n) is 2.32. The lowest BCUT2D eigenvalue weighted by Crippen LogP contribution is -2.31. The van der Waals surface area contributed by atoms with Gasteiger partial charge in [0.25, 0.3) is 5.91 Å². The third-order valence-corrected chi connectivity index (χ3v) is 3.61. The van der Waals surface area contributed by atoms with Crippen LogP contribution in [0.3, 0.4) is 0 Å². The van der Waals surface area contributed by atoms with Gasteiger partial charge >= 0.3 is 6.61 Å². The Labute approximate surface area is 159 Å². The number of rotatable bonds is 9. The minimum atomic E-state index is -2.99. The van der Waals surface area contributed by atoms with Gasteiger partial charge in [0.05, 0.1) is 6.61 Å². The van der Waals surface area contributed by atoms with E-state index in [1.165, 1.54) is 30.1 Å². The van der Waals surface area contributed by atoms with Crippen molar-refractivity contribution in [2.45, 2.75) is 20.1 Å². The normalized spacial score (nSPS) is 10.7. The first-order valence-corrected chi connectivity index (χ1v) is 8.32. The van der Waals surface area contributed by atoms with Crippen molar-refractivity contribution in [1.29, 1.82) is 0 Å². The van der Waals surface area contributed by atoms with Crippen LogP contribution in [0.1, 0.15) is 12.5 Å². The van der Waals surface area contributed by atoms with E-state index < -0.39 is 30.8 Å². The molecule has 2 aromatic carbocycles. The number of nitrogens with zero attached hydrogens (tertiary/aromatic N) is 1. The van der Waals surface area contributed by atoms with Crippen molar-refractivity contribution in [3.05, 3.63) is 53.6 Å². The van der Waals surface area contributed by atoms with Crippen LogP contribution in [0, 0.1) is 11.6 Å². The highest BCUT2D eigenvalue weighted by atomic mass is 19.3. The largest absolute Gasteiger partial charge is 0.490 e. The molecule has 0 aromatic heterocycles. The van der Waals surface area contributed by atoms with Gasteiger partial charge in [-0.2, -0.15) is 8.78 Å². The maximum atomic E-state index is 13.5. The molecule has 9 heteroatoms. The van der Waals surface area contributed by atoms with Gasteiger partial charge in [0.15, 0.2) is 29.7 Å². The van der Waals surface area contributed by atoms with Crippen LogP contribution in [0.4, 0.5) is 17.6 Å². The van der Waals surface area contributed by atoms with Gasteiger partial charge in [-0.25, -0.2) is 8.78 Å². The third kappa shape index (κ3) is 6.04. The van der Waals surface area contributed by atoms with Crippen molar-refractivity contribution in [2.24, 2.45) is 0 Å². The Morgan fingerprint density at radius 2 is 1.75 bits per heavy atom. The van der Waals surface area contributed by atoms with Crippen LogP contribution in [0.25, 0.3) is 0 Å². The van der Waals surface area contributed by atoms with Crippen LogP contribution >= 0.6 is 0 Å². The van der Waals surface area contributed by atoms with Crippen molar-refractivity contribution in [3.63, 3.8) is 0 Å².